The molecule has 0 spiro atoms. The van der Waals surface area contributed by atoms with Crippen molar-refractivity contribution >= 4 is 26.6 Å². The number of fused-ring (bicyclic) bond motifs is 2. The molecule has 0 bridgehead atoms. The van der Waals surface area contributed by atoms with Crippen LogP contribution in [0.4, 0.5) is 17.6 Å². The van der Waals surface area contributed by atoms with E-state index in [1.165, 1.54) is 6.07 Å². The van der Waals surface area contributed by atoms with Gasteiger partial charge in [-0.05, 0) is 55.3 Å². The van der Waals surface area contributed by atoms with Gasteiger partial charge in [-0.1, -0.05) is 0 Å². The van der Waals surface area contributed by atoms with Crippen molar-refractivity contribution in [3.05, 3.63) is 71.4 Å². The lowest BCUT2D eigenvalue weighted by Gasteiger charge is -2.12. The third-order valence-corrected chi connectivity index (χ3v) is 8.72. The Bertz CT molecular complexity index is 1820. The molecule has 1 amide bonds. The minimum absolute atomic E-state index is 0.0447. The van der Waals surface area contributed by atoms with Gasteiger partial charge in [0.2, 0.25) is 15.3 Å². The Balaban J connectivity index is 1.23. The number of ether oxygens (including phenoxy) is 2. The van der Waals surface area contributed by atoms with Crippen LogP contribution in [0.15, 0.2) is 53.6 Å². The molecule has 4 aromatic rings. The van der Waals surface area contributed by atoms with E-state index in [2.05, 4.69) is 25.0 Å². The minimum atomic E-state index is -4.54. The summed E-state index contributed by atoms with van der Waals surface area (Å²) >= 11 is 0. The highest BCUT2D eigenvalue weighted by molar-refractivity contribution is 7.92. The van der Waals surface area contributed by atoms with Crippen LogP contribution in [0.2, 0.25) is 0 Å². The number of rotatable bonds is 7. The first-order valence-electron chi connectivity index (χ1n) is 12.9. The van der Waals surface area contributed by atoms with Crippen molar-refractivity contribution in [2.45, 2.75) is 48.7 Å². The van der Waals surface area contributed by atoms with Crippen molar-refractivity contribution in [2.24, 2.45) is 0 Å². The number of aromatic nitrogens is 3. The first-order chi connectivity index (χ1) is 20.1. The molecular formula is C28H22F4N4O5S. The first kappa shape index (κ1) is 27.8. The number of nitrogens with one attached hydrogen (secondary N) is 1. The smallest absolute Gasteiger partial charge is 0.387 e. The molecule has 1 fully saturated rings. The molecule has 1 aromatic carbocycles. The van der Waals surface area contributed by atoms with Crippen LogP contribution in [0, 0.1) is 5.82 Å². The van der Waals surface area contributed by atoms with Crippen molar-refractivity contribution in [2.75, 3.05) is 6.61 Å². The maximum Gasteiger partial charge on any atom is 0.387 e. The van der Waals surface area contributed by atoms with E-state index in [0.29, 0.717) is 33.7 Å². The summed E-state index contributed by atoms with van der Waals surface area (Å²) in [7, 11) is -4.54. The van der Waals surface area contributed by atoms with Crippen LogP contribution in [0.5, 0.6) is 11.5 Å². The second kappa shape index (κ2) is 10.8. The lowest BCUT2D eigenvalue weighted by molar-refractivity contribution is -0.0507. The lowest BCUT2D eigenvalue weighted by Crippen LogP contribution is -2.24. The molecule has 3 aromatic heterocycles. The van der Waals surface area contributed by atoms with Gasteiger partial charge in [-0.25, -0.2) is 27.2 Å². The van der Waals surface area contributed by atoms with Crippen molar-refractivity contribution in [3.63, 3.8) is 0 Å². The van der Waals surface area contributed by atoms with Crippen molar-refractivity contribution in [3.8, 4) is 22.9 Å². The Hall–Kier alpha value is -4.33. The first-order valence-corrected chi connectivity index (χ1v) is 14.5. The molecule has 1 aliphatic carbocycles. The third kappa shape index (κ3) is 5.45. The van der Waals surface area contributed by atoms with Crippen LogP contribution in [-0.4, -0.2) is 48.0 Å². The number of halogens is 4. The van der Waals surface area contributed by atoms with Crippen LogP contribution in [0.1, 0.15) is 46.9 Å². The summed E-state index contributed by atoms with van der Waals surface area (Å²) in [6.07, 6.45) is 2.75. The van der Waals surface area contributed by atoms with Gasteiger partial charge in [-0.2, -0.15) is 8.78 Å². The molecule has 0 radical (unpaired) electrons. The molecule has 42 heavy (non-hydrogen) atoms. The molecule has 1 atom stereocenters. The Morgan fingerprint density at radius 1 is 1.07 bits per heavy atom. The maximum atomic E-state index is 14.7. The third-order valence-electron chi connectivity index (χ3n) is 6.89. The number of nitrogens with zero attached hydrogens (tertiary/aromatic N) is 3. The summed E-state index contributed by atoms with van der Waals surface area (Å²) in [4.78, 5) is 25.5. The Kier molecular flexibility index (Phi) is 7.17. The SMILES string of the molecule is O=C(NCc1cc2nc(-c3ccc(OC(F)F)c(C4CC4)n3)ccc2cn1)c1cc(F)c2c(c1)S(=O)(=O)[C@@H](F)CCO2. The summed E-state index contributed by atoms with van der Waals surface area (Å²) in [5.41, 5.74) is -0.273. The highest BCUT2D eigenvalue weighted by Gasteiger charge is 2.36. The van der Waals surface area contributed by atoms with E-state index in [0.717, 1.165) is 25.0 Å². The van der Waals surface area contributed by atoms with Crippen LogP contribution in [0.25, 0.3) is 22.3 Å². The van der Waals surface area contributed by atoms with Gasteiger partial charge in [0.25, 0.3) is 5.91 Å². The fourth-order valence-corrected chi connectivity index (χ4v) is 6.01. The molecule has 0 unspecified atom stereocenters. The zero-order valence-corrected chi connectivity index (χ0v) is 22.5. The van der Waals surface area contributed by atoms with E-state index < -0.39 is 50.7 Å². The number of hydrogen-bond acceptors (Lipinski definition) is 8. The normalized spacial score (nSPS) is 17.8. The number of alkyl halides is 3. The van der Waals surface area contributed by atoms with Crippen molar-refractivity contribution in [1.29, 1.82) is 0 Å². The summed E-state index contributed by atoms with van der Waals surface area (Å²) < 4.78 is 89.2. The van der Waals surface area contributed by atoms with Crippen LogP contribution >= 0.6 is 0 Å². The molecule has 1 N–H and O–H groups in total. The number of carbonyl (C=O) groups is 1. The van der Waals surface area contributed by atoms with E-state index in [1.54, 1.807) is 30.5 Å². The molecule has 0 saturated heterocycles. The number of amides is 1. The highest BCUT2D eigenvalue weighted by Crippen LogP contribution is 2.44. The zero-order chi connectivity index (χ0) is 29.6. The van der Waals surface area contributed by atoms with Crippen molar-refractivity contribution < 1.29 is 40.2 Å². The number of sulfone groups is 1. The molecule has 218 valence electrons. The Morgan fingerprint density at radius 3 is 2.60 bits per heavy atom. The molecule has 1 aliphatic heterocycles. The van der Waals surface area contributed by atoms with Gasteiger partial charge in [0.05, 0.1) is 41.4 Å². The second-order valence-corrected chi connectivity index (χ2v) is 11.9. The number of benzene rings is 1. The molecule has 4 heterocycles. The Labute approximate surface area is 236 Å². The van der Waals surface area contributed by atoms with Gasteiger partial charge in [0.15, 0.2) is 11.6 Å². The zero-order valence-electron chi connectivity index (χ0n) is 21.7. The van der Waals surface area contributed by atoms with Gasteiger partial charge in [0.1, 0.15) is 10.6 Å². The van der Waals surface area contributed by atoms with Crippen molar-refractivity contribution in [1.82, 2.24) is 20.3 Å². The second-order valence-electron chi connectivity index (χ2n) is 9.86. The number of carbonyl (C=O) groups excluding carboxylic acids is 1. The van der Waals surface area contributed by atoms with Crippen LogP contribution in [0.3, 0.4) is 0 Å². The van der Waals surface area contributed by atoms with Gasteiger partial charge < -0.3 is 14.8 Å². The van der Waals surface area contributed by atoms with E-state index in [-0.39, 0.29) is 30.4 Å². The predicted molar refractivity (Wildman–Crippen MR) is 141 cm³/mol. The lowest BCUT2D eigenvalue weighted by atomic mass is 10.1. The fourth-order valence-electron chi connectivity index (χ4n) is 4.62. The van der Waals surface area contributed by atoms with Crippen LogP contribution in [-0.2, 0) is 16.4 Å². The highest BCUT2D eigenvalue weighted by atomic mass is 32.2. The topological polar surface area (TPSA) is 120 Å². The van der Waals surface area contributed by atoms with E-state index >= 15 is 0 Å². The fraction of sp³-hybridized carbons (Fsp3) is 0.286. The molecule has 9 nitrogen and oxygen atoms in total. The summed E-state index contributed by atoms with van der Waals surface area (Å²) in [6.45, 7) is -3.39. The standard InChI is InChI=1S/C28H22F4N4O5S/c29-18-9-16(10-23-26(18)40-8-7-24(30)42(23,38)39)27(37)34-13-17-11-21-15(12-33-17)3-4-19(35-21)20-5-6-22(41-28(31)32)25(36-20)14-1-2-14/h3-6,9-12,14,24,28H,1-2,7-8,13H2,(H,34,37)/t24-/m1/s1. The van der Waals surface area contributed by atoms with E-state index in [4.69, 9.17) is 4.74 Å². The number of pyridine rings is 3. The van der Waals surface area contributed by atoms with Gasteiger partial charge in [-0.15, -0.1) is 0 Å². The van der Waals surface area contributed by atoms with Gasteiger partial charge >= 0.3 is 6.61 Å². The van der Waals surface area contributed by atoms with Gasteiger partial charge in [0, 0.05) is 29.5 Å². The van der Waals surface area contributed by atoms with E-state index in [9.17, 15) is 30.8 Å². The summed E-state index contributed by atoms with van der Waals surface area (Å²) in [5, 5.41) is 3.24. The van der Waals surface area contributed by atoms with E-state index in [1.807, 2.05) is 0 Å². The molecule has 2 aliphatic rings. The molecule has 14 heteroatoms. The average Bonchev–Trinajstić information content (AvgIpc) is 3.82. The predicted octanol–water partition coefficient (Wildman–Crippen LogP) is 5.09. The maximum absolute atomic E-state index is 14.7. The van der Waals surface area contributed by atoms with Crippen LogP contribution < -0.4 is 14.8 Å². The molecule has 1 saturated carbocycles. The quantitative estimate of drug-likeness (QED) is 0.291. The summed E-state index contributed by atoms with van der Waals surface area (Å²) in [5.74, 6) is -2.41. The number of hydrogen-bond donors (Lipinski definition) is 1. The Morgan fingerprint density at radius 2 is 1.83 bits per heavy atom. The van der Waals surface area contributed by atoms with Gasteiger partial charge in [-0.3, -0.25) is 9.78 Å². The summed E-state index contributed by atoms with van der Waals surface area (Å²) in [6, 6.07) is 9.85. The molecule has 6 rings (SSSR count). The monoisotopic (exact) mass is 602 g/mol. The minimum Gasteiger partial charge on any atom is -0.489 e. The average molecular weight is 603 g/mol. The largest absolute Gasteiger partial charge is 0.489 e. The molecular weight excluding hydrogens is 580 g/mol.